The first-order valence-electron chi connectivity index (χ1n) is 9.63. The molecule has 1 aromatic carbocycles. The van der Waals surface area contributed by atoms with Crippen LogP contribution in [-0.2, 0) is 0 Å². The largest absolute Gasteiger partial charge is 0.370 e. The Kier molecular flexibility index (Phi) is 4.55. The molecule has 1 saturated carbocycles. The van der Waals surface area contributed by atoms with E-state index in [0.29, 0.717) is 5.41 Å². The standard InChI is InChI=1S/C21H21Br2N5/c1-14-10-15(11-20(23)24-14)17-13-28(26-25-17)18-3-2-16(22)12-19(18)27-8-6-21(4-5-21)7-9-27/h2-3,10-13H,4-9H2,1H3. The number of benzene rings is 1. The van der Waals surface area contributed by atoms with Crippen LogP contribution in [-0.4, -0.2) is 33.1 Å². The van der Waals surface area contributed by atoms with E-state index in [4.69, 9.17) is 0 Å². The summed E-state index contributed by atoms with van der Waals surface area (Å²) >= 11 is 7.11. The van der Waals surface area contributed by atoms with Gasteiger partial charge in [0.1, 0.15) is 10.3 Å². The van der Waals surface area contributed by atoms with E-state index in [1.165, 1.54) is 31.4 Å². The molecule has 5 rings (SSSR count). The molecule has 2 aromatic heterocycles. The Bertz CT molecular complexity index is 1010. The van der Waals surface area contributed by atoms with E-state index in [2.05, 4.69) is 70.3 Å². The Hall–Kier alpha value is -1.73. The summed E-state index contributed by atoms with van der Waals surface area (Å²) in [5, 5.41) is 8.86. The van der Waals surface area contributed by atoms with Gasteiger partial charge in [-0.2, -0.15) is 0 Å². The van der Waals surface area contributed by atoms with Crippen LogP contribution in [0.4, 0.5) is 5.69 Å². The van der Waals surface area contributed by atoms with Crippen LogP contribution in [0.5, 0.6) is 0 Å². The smallest absolute Gasteiger partial charge is 0.113 e. The minimum atomic E-state index is 0.662. The summed E-state index contributed by atoms with van der Waals surface area (Å²) in [5.74, 6) is 0. The Balaban J connectivity index is 1.49. The predicted molar refractivity (Wildman–Crippen MR) is 118 cm³/mol. The highest BCUT2D eigenvalue weighted by Gasteiger charge is 2.44. The Morgan fingerprint density at radius 1 is 0.964 bits per heavy atom. The third kappa shape index (κ3) is 3.50. The number of pyridine rings is 1. The fourth-order valence-electron chi connectivity index (χ4n) is 4.13. The summed E-state index contributed by atoms with van der Waals surface area (Å²) < 4.78 is 3.79. The molecule has 2 aliphatic rings. The topological polar surface area (TPSA) is 46.8 Å². The van der Waals surface area contributed by atoms with Crippen LogP contribution in [0.1, 0.15) is 31.4 Å². The molecule has 3 heterocycles. The van der Waals surface area contributed by atoms with E-state index in [1.54, 1.807) is 0 Å². The minimum Gasteiger partial charge on any atom is -0.370 e. The summed E-state index contributed by atoms with van der Waals surface area (Å²) in [6, 6.07) is 10.4. The van der Waals surface area contributed by atoms with Gasteiger partial charge in [-0.05, 0) is 84.3 Å². The van der Waals surface area contributed by atoms with E-state index >= 15 is 0 Å². The molecule has 144 valence electrons. The van der Waals surface area contributed by atoms with E-state index in [9.17, 15) is 0 Å². The molecule has 0 bridgehead atoms. The molecule has 0 N–H and O–H groups in total. The van der Waals surface area contributed by atoms with Crippen molar-refractivity contribution < 1.29 is 0 Å². The maximum absolute atomic E-state index is 4.44. The second-order valence-corrected chi connectivity index (χ2v) is 9.72. The van der Waals surface area contributed by atoms with Crippen molar-refractivity contribution in [2.45, 2.75) is 32.6 Å². The van der Waals surface area contributed by atoms with Gasteiger partial charge in [0.25, 0.3) is 0 Å². The highest BCUT2D eigenvalue weighted by molar-refractivity contribution is 9.10. The fraction of sp³-hybridized carbons (Fsp3) is 0.381. The van der Waals surface area contributed by atoms with Crippen LogP contribution < -0.4 is 4.90 Å². The number of aromatic nitrogens is 4. The van der Waals surface area contributed by atoms with Gasteiger partial charge in [-0.15, -0.1) is 5.10 Å². The zero-order valence-corrected chi connectivity index (χ0v) is 18.9. The molecular formula is C21H21Br2N5. The molecule has 3 aromatic rings. The first-order valence-corrected chi connectivity index (χ1v) is 11.2. The number of piperidine rings is 1. The lowest BCUT2D eigenvalue weighted by Gasteiger charge is -2.35. The summed E-state index contributed by atoms with van der Waals surface area (Å²) in [5.41, 5.74) is 5.75. The van der Waals surface area contributed by atoms with Crippen molar-refractivity contribution >= 4 is 37.5 Å². The summed E-state index contributed by atoms with van der Waals surface area (Å²) in [4.78, 5) is 6.87. The third-order valence-corrected chi connectivity index (χ3v) is 6.92. The molecule has 1 aliphatic carbocycles. The fourth-order valence-corrected chi connectivity index (χ4v) is 5.01. The lowest BCUT2D eigenvalue weighted by Crippen LogP contribution is -2.35. The van der Waals surface area contributed by atoms with Crippen LogP contribution in [0.3, 0.4) is 0 Å². The first-order chi connectivity index (χ1) is 13.5. The molecule has 5 nitrogen and oxygen atoms in total. The van der Waals surface area contributed by atoms with Gasteiger partial charge in [-0.25, -0.2) is 9.67 Å². The second-order valence-electron chi connectivity index (χ2n) is 7.99. The molecule has 0 radical (unpaired) electrons. The van der Waals surface area contributed by atoms with Gasteiger partial charge in [-0.3, -0.25) is 0 Å². The monoisotopic (exact) mass is 501 g/mol. The van der Waals surface area contributed by atoms with Crippen molar-refractivity contribution in [3.8, 4) is 16.9 Å². The lowest BCUT2D eigenvalue weighted by atomic mass is 9.93. The van der Waals surface area contributed by atoms with Crippen LogP contribution in [0.15, 0.2) is 45.6 Å². The molecule has 0 unspecified atom stereocenters. The molecule has 1 aliphatic heterocycles. The van der Waals surface area contributed by atoms with E-state index in [0.717, 1.165) is 44.8 Å². The SMILES string of the molecule is Cc1cc(-c2cn(-c3ccc(Br)cc3N3CCC4(CC3)CC4)nn2)cc(Br)n1. The van der Waals surface area contributed by atoms with Crippen LogP contribution in [0.25, 0.3) is 16.9 Å². The normalized spacial score (nSPS) is 17.9. The average molecular weight is 503 g/mol. The number of aryl methyl sites for hydroxylation is 1. The van der Waals surface area contributed by atoms with Crippen molar-refractivity contribution in [1.82, 2.24) is 20.0 Å². The maximum Gasteiger partial charge on any atom is 0.113 e. The molecule has 1 saturated heterocycles. The van der Waals surface area contributed by atoms with Crippen LogP contribution in [0, 0.1) is 12.3 Å². The zero-order chi connectivity index (χ0) is 19.3. The van der Waals surface area contributed by atoms with Gasteiger partial charge in [-0.1, -0.05) is 21.1 Å². The van der Waals surface area contributed by atoms with Crippen molar-refractivity contribution in [1.29, 1.82) is 0 Å². The second kappa shape index (κ2) is 6.95. The van der Waals surface area contributed by atoms with Gasteiger partial charge in [0.15, 0.2) is 0 Å². The van der Waals surface area contributed by atoms with Crippen molar-refractivity contribution in [2.24, 2.45) is 5.41 Å². The molecule has 7 heteroatoms. The van der Waals surface area contributed by atoms with E-state index in [1.807, 2.05) is 29.9 Å². The number of halogens is 2. The van der Waals surface area contributed by atoms with Crippen molar-refractivity contribution in [3.63, 3.8) is 0 Å². The summed E-state index contributed by atoms with van der Waals surface area (Å²) in [6.45, 7) is 4.21. The van der Waals surface area contributed by atoms with Gasteiger partial charge in [0.2, 0.25) is 0 Å². The number of hydrogen-bond donors (Lipinski definition) is 0. The maximum atomic E-state index is 4.44. The van der Waals surface area contributed by atoms with Gasteiger partial charge in [0.05, 0.1) is 17.6 Å². The van der Waals surface area contributed by atoms with E-state index in [-0.39, 0.29) is 0 Å². The molecule has 28 heavy (non-hydrogen) atoms. The minimum absolute atomic E-state index is 0.662. The lowest BCUT2D eigenvalue weighted by molar-refractivity contribution is 0.384. The number of anilines is 1. The number of hydrogen-bond acceptors (Lipinski definition) is 4. The highest BCUT2D eigenvalue weighted by Crippen LogP contribution is 2.54. The Labute approximate surface area is 181 Å². The van der Waals surface area contributed by atoms with Gasteiger partial charge >= 0.3 is 0 Å². The average Bonchev–Trinajstić information content (AvgIpc) is 3.24. The quantitative estimate of drug-likeness (QED) is 0.441. The molecule has 0 atom stereocenters. The zero-order valence-electron chi connectivity index (χ0n) is 15.7. The van der Waals surface area contributed by atoms with Crippen molar-refractivity contribution in [2.75, 3.05) is 18.0 Å². The summed E-state index contributed by atoms with van der Waals surface area (Å²) in [6.07, 6.45) is 7.43. The first kappa shape index (κ1) is 18.3. The molecule has 1 spiro atoms. The Morgan fingerprint density at radius 2 is 1.75 bits per heavy atom. The van der Waals surface area contributed by atoms with Gasteiger partial charge in [0, 0.05) is 28.8 Å². The third-order valence-electron chi connectivity index (χ3n) is 6.02. The van der Waals surface area contributed by atoms with Crippen molar-refractivity contribution in [3.05, 3.63) is 51.3 Å². The molecular weight excluding hydrogens is 482 g/mol. The highest BCUT2D eigenvalue weighted by atomic mass is 79.9. The molecule has 2 fully saturated rings. The van der Waals surface area contributed by atoms with Crippen LogP contribution in [0.2, 0.25) is 0 Å². The number of nitrogens with zero attached hydrogens (tertiary/aromatic N) is 5. The summed E-state index contributed by atoms with van der Waals surface area (Å²) in [7, 11) is 0. The Morgan fingerprint density at radius 3 is 2.46 bits per heavy atom. The molecule has 0 amide bonds. The van der Waals surface area contributed by atoms with Gasteiger partial charge < -0.3 is 4.90 Å². The van der Waals surface area contributed by atoms with Crippen LogP contribution >= 0.6 is 31.9 Å². The van der Waals surface area contributed by atoms with E-state index < -0.39 is 0 Å². The number of rotatable bonds is 3. The predicted octanol–water partition coefficient (Wildman–Crippen LogP) is 5.54.